The fourth-order valence-corrected chi connectivity index (χ4v) is 4.15. The zero-order valence-corrected chi connectivity index (χ0v) is 17.0. The normalized spacial score (nSPS) is 15.7. The lowest BCUT2D eigenvalue weighted by atomic mass is 9.93. The lowest BCUT2D eigenvalue weighted by Crippen LogP contribution is -2.38. The fraction of sp³-hybridized carbons (Fsp3) is 0.273. The second-order valence-electron chi connectivity index (χ2n) is 6.90. The number of carbonyl (C=O) groups is 1. The lowest BCUT2D eigenvalue weighted by molar-refractivity contribution is 0.0677. The van der Waals surface area contributed by atoms with Gasteiger partial charge in [-0.15, -0.1) is 11.3 Å². The minimum Gasteiger partial charge on any atom is -0.493 e. The van der Waals surface area contributed by atoms with Crippen molar-refractivity contribution in [3.63, 3.8) is 0 Å². The van der Waals surface area contributed by atoms with Crippen LogP contribution in [0.5, 0.6) is 11.5 Å². The number of hydrogen-bond donors (Lipinski definition) is 0. The van der Waals surface area contributed by atoms with Gasteiger partial charge in [0.1, 0.15) is 12.4 Å². The number of halogens is 1. The molecule has 0 saturated heterocycles. The number of aromatic nitrogens is 1. The Morgan fingerprint density at radius 3 is 2.90 bits per heavy atom. The number of amides is 1. The number of benzene rings is 2. The molecule has 1 aliphatic heterocycles. The van der Waals surface area contributed by atoms with Crippen molar-refractivity contribution < 1.29 is 18.7 Å². The van der Waals surface area contributed by atoms with Crippen LogP contribution in [0.15, 0.2) is 47.3 Å². The second-order valence-corrected chi connectivity index (χ2v) is 7.62. The molecule has 0 bridgehead atoms. The molecule has 0 saturated carbocycles. The van der Waals surface area contributed by atoms with Crippen LogP contribution in [0.3, 0.4) is 0 Å². The van der Waals surface area contributed by atoms with E-state index in [1.807, 2.05) is 12.3 Å². The van der Waals surface area contributed by atoms with Crippen molar-refractivity contribution >= 4 is 17.2 Å². The van der Waals surface area contributed by atoms with E-state index in [2.05, 4.69) is 4.98 Å². The van der Waals surface area contributed by atoms with Crippen LogP contribution in [0.1, 0.15) is 40.1 Å². The van der Waals surface area contributed by atoms with Crippen LogP contribution in [0.2, 0.25) is 0 Å². The SMILES string of the molecule is COc1cc(C(=O)N2CCc3ccc(F)cc3C2C)ccc1OCc1cscn1. The lowest BCUT2D eigenvalue weighted by Gasteiger charge is -2.35. The quantitative estimate of drug-likeness (QED) is 0.613. The number of fused-ring (bicyclic) bond motifs is 1. The molecule has 0 aliphatic carbocycles. The van der Waals surface area contributed by atoms with Crippen LogP contribution in [-0.4, -0.2) is 29.4 Å². The summed E-state index contributed by atoms with van der Waals surface area (Å²) >= 11 is 1.51. The van der Waals surface area contributed by atoms with Gasteiger partial charge in [-0.1, -0.05) is 6.07 Å². The standard InChI is InChI=1S/C22H21FN2O3S/c1-14-19-10-17(23)5-3-15(19)7-8-25(14)22(26)16-4-6-20(21(9-16)27-2)28-11-18-12-29-13-24-18/h3-6,9-10,12-14H,7-8,11H2,1-2H3. The van der Waals surface area contributed by atoms with E-state index in [1.54, 1.807) is 41.8 Å². The minimum absolute atomic E-state index is 0.114. The van der Waals surface area contributed by atoms with Crippen LogP contribution in [-0.2, 0) is 13.0 Å². The number of methoxy groups -OCH3 is 1. The average molecular weight is 412 g/mol. The Hall–Kier alpha value is -2.93. The zero-order chi connectivity index (χ0) is 20.4. The van der Waals surface area contributed by atoms with Crippen LogP contribution in [0.4, 0.5) is 4.39 Å². The summed E-state index contributed by atoms with van der Waals surface area (Å²) in [6.45, 7) is 2.85. The maximum atomic E-state index is 13.7. The van der Waals surface area contributed by atoms with E-state index < -0.39 is 0 Å². The minimum atomic E-state index is -0.284. The predicted octanol–water partition coefficient (Wildman–Crippen LogP) is 4.63. The van der Waals surface area contributed by atoms with E-state index in [-0.39, 0.29) is 17.8 Å². The number of ether oxygens (including phenoxy) is 2. The molecule has 150 valence electrons. The molecular weight excluding hydrogens is 391 g/mol. The number of hydrogen-bond acceptors (Lipinski definition) is 5. The monoisotopic (exact) mass is 412 g/mol. The Kier molecular flexibility index (Phi) is 5.49. The molecule has 0 fully saturated rings. The third kappa shape index (κ3) is 3.96. The first-order valence-corrected chi connectivity index (χ1v) is 10.3. The van der Waals surface area contributed by atoms with Crippen molar-refractivity contribution in [2.75, 3.05) is 13.7 Å². The van der Waals surface area contributed by atoms with Gasteiger partial charge >= 0.3 is 0 Å². The first-order chi connectivity index (χ1) is 14.1. The Morgan fingerprint density at radius 2 is 2.14 bits per heavy atom. The van der Waals surface area contributed by atoms with Crippen molar-refractivity contribution in [2.45, 2.75) is 26.0 Å². The number of rotatable bonds is 5. The van der Waals surface area contributed by atoms with E-state index in [9.17, 15) is 9.18 Å². The molecule has 1 amide bonds. The molecule has 3 aromatic rings. The topological polar surface area (TPSA) is 51.7 Å². The summed E-state index contributed by atoms with van der Waals surface area (Å²) in [5.74, 6) is 0.642. The van der Waals surface area contributed by atoms with Crippen molar-refractivity contribution in [3.05, 3.63) is 75.5 Å². The summed E-state index contributed by atoms with van der Waals surface area (Å²) in [5.41, 5.74) is 5.05. The predicted molar refractivity (Wildman–Crippen MR) is 109 cm³/mol. The van der Waals surface area contributed by atoms with E-state index >= 15 is 0 Å². The molecule has 1 unspecified atom stereocenters. The Bertz CT molecular complexity index is 1020. The van der Waals surface area contributed by atoms with Crippen LogP contribution < -0.4 is 9.47 Å². The average Bonchev–Trinajstić information content (AvgIpc) is 3.26. The Morgan fingerprint density at radius 1 is 1.28 bits per heavy atom. The summed E-state index contributed by atoms with van der Waals surface area (Å²) in [5, 5.41) is 1.92. The molecule has 2 aromatic carbocycles. The first kappa shape index (κ1) is 19.4. The van der Waals surface area contributed by atoms with Gasteiger partial charge in [0.25, 0.3) is 5.91 Å². The molecule has 1 aliphatic rings. The van der Waals surface area contributed by atoms with Gasteiger partial charge in [0.05, 0.1) is 24.4 Å². The van der Waals surface area contributed by atoms with Crippen molar-refractivity contribution in [2.24, 2.45) is 0 Å². The van der Waals surface area contributed by atoms with Crippen molar-refractivity contribution in [1.29, 1.82) is 0 Å². The molecule has 1 atom stereocenters. The largest absolute Gasteiger partial charge is 0.493 e. The third-order valence-corrected chi connectivity index (χ3v) is 5.81. The smallest absolute Gasteiger partial charge is 0.254 e. The highest BCUT2D eigenvalue weighted by Gasteiger charge is 2.29. The van der Waals surface area contributed by atoms with Gasteiger partial charge in [-0.3, -0.25) is 4.79 Å². The molecule has 0 N–H and O–H groups in total. The molecular formula is C22H21FN2O3S. The highest BCUT2D eigenvalue weighted by molar-refractivity contribution is 7.07. The molecule has 5 nitrogen and oxygen atoms in total. The van der Waals surface area contributed by atoms with E-state index in [1.165, 1.54) is 23.5 Å². The Labute approximate surface area is 172 Å². The summed E-state index contributed by atoms with van der Waals surface area (Å²) < 4.78 is 24.9. The molecule has 0 radical (unpaired) electrons. The second kappa shape index (κ2) is 8.21. The molecule has 29 heavy (non-hydrogen) atoms. The van der Waals surface area contributed by atoms with Crippen LogP contribution >= 0.6 is 11.3 Å². The van der Waals surface area contributed by atoms with Gasteiger partial charge in [-0.25, -0.2) is 9.37 Å². The van der Waals surface area contributed by atoms with Gasteiger partial charge < -0.3 is 14.4 Å². The maximum absolute atomic E-state index is 13.7. The molecule has 2 heterocycles. The van der Waals surface area contributed by atoms with E-state index in [0.29, 0.717) is 36.6 Å². The highest BCUT2D eigenvalue weighted by Crippen LogP contribution is 2.33. The van der Waals surface area contributed by atoms with Crippen molar-refractivity contribution in [3.8, 4) is 11.5 Å². The summed E-state index contributed by atoms with van der Waals surface area (Å²) in [6.07, 6.45) is 0.706. The van der Waals surface area contributed by atoms with Crippen LogP contribution in [0, 0.1) is 5.82 Å². The summed E-state index contributed by atoms with van der Waals surface area (Å²) in [4.78, 5) is 19.1. The van der Waals surface area contributed by atoms with Gasteiger partial charge in [0.15, 0.2) is 11.5 Å². The van der Waals surface area contributed by atoms with Crippen LogP contribution in [0.25, 0.3) is 0 Å². The molecule has 1 aromatic heterocycles. The summed E-state index contributed by atoms with van der Waals surface area (Å²) in [7, 11) is 1.54. The Balaban J connectivity index is 1.54. The number of thiazole rings is 1. The first-order valence-electron chi connectivity index (χ1n) is 9.34. The molecule has 7 heteroatoms. The number of nitrogens with zero attached hydrogens (tertiary/aromatic N) is 2. The highest BCUT2D eigenvalue weighted by atomic mass is 32.1. The zero-order valence-electron chi connectivity index (χ0n) is 16.2. The van der Waals surface area contributed by atoms with Gasteiger partial charge in [0, 0.05) is 17.5 Å². The number of carbonyl (C=O) groups excluding carboxylic acids is 1. The third-order valence-electron chi connectivity index (χ3n) is 5.18. The van der Waals surface area contributed by atoms with Crippen molar-refractivity contribution in [1.82, 2.24) is 9.88 Å². The fourth-order valence-electron chi connectivity index (χ4n) is 3.61. The van der Waals surface area contributed by atoms with E-state index in [4.69, 9.17) is 9.47 Å². The maximum Gasteiger partial charge on any atom is 0.254 e. The molecule has 4 rings (SSSR count). The van der Waals surface area contributed by atoms with Gasteiger partial charge in [-0.05, 0) is 54.8 Å². The van der Waals surface area contributed by atoms with Gasteiger partial charge in [-0.2, -0.15) is 0 Å². The molecule has 0 spiro atoms. The van der Waals surface area contributed by atoms with E-state index in [0.717, 1.165) is 16.8 Å². The summed E-state index contributed by atoms with van der Waals surface area (Å²) in [6, 6.07) is 9.75. The van der Waals surface area contributed by atoms with Gasteiger partial charge in [0.2, 0.25) is 0 Å².